The van der Waals surface area contributed by atoms with Gasteiger partial charge in [-0.15, -0.1) is 0 Å². The highest BCUT2D eigenvalue weighted by molar-refractivity contribution is 9.10. The fourth-order valence-corrected chi connectivity index (χ4v) is 2.74. The molecule has 0 heterocycles. The van der Waals surface area contributed by atoms with Crippen LogP contribution in [-0.2, 0) is 4.79 Å². The van der Waals surface area contributed by atoms with Gasteiger partial charge in [0, 0.05) is 6.42 Å². The van der Waals surface area contributed by atoms with Crippen LogP contribution in [0.3, 0.4) is 0 Å². The second-order valence-corrected chi connectivity index (χ2v) is 6.85. The molecule has 21 heavy (non-hydrogen) atoms. The number of nitrogens with zero attached hydrogens (tertiary/aromatic N) is 1. The van der Waals surface area contributed by atoms with Gasteiger partial charge < -0.3 is 5.11 Å². The molecule has 122 valence electrons. The number of hydrogen-bond donors (Lipinski definition) is 1. The highest BCUT2D eigenvalue weighted by atomic mass is 79.9. The Balaban J connectivity index is 3.06. The zero-order chi connectivity index (χ0) is 15.8. The summed E-state index contributed by atoms with van der Waals surface area (Å²) in [7, 11) is 0. The molecule has 1 atom stereocenters. The number of halogens is 1. The summed E-state index contributed by atoms with van der Waals surface area (Å²) in [6.07, 6.45) is 16.3. The number of rotatable bonds is 15. The molecule has 0 saturated heterocycles. The van der Waals surface area contributed by atoms with Gasteiger partial charge in [0.2, 0.25) is 0 Å². The number of carbonyl (C=O) groups is 1. The van der Waals surface area contributed by atoms with E-state index in [9.17, 15) is 4.79 Å². The van der Waals surface area contributed by atoms with E-state index in [0.29, 0.717) is 6.42 Å². The normalized spacial score (nSPS) is 12.0. The maximum Gasteiger partial charge on any atom is 0.317 e. The molecule has 3 nitrogen and oxygen atoms in total. The van der Waals surface area contributed by atoms with Crippen LogP contribution in [0.25, 0.3) is 0 Å². The zero-order valence-electron chi connectivity index (χ0n) is 13.2. The lowest BCUT2D eigenvalue weighted by atomic mass is 10.0. The van der Waals surface area contributed by atoms with E-state index in [1.54, 1.807) is 0 Å². The minimum Gasteiger partial charge on any atom is -0.480 e. The molecule has 1 unspecified atom stereocenters. The maximum atomic E-state index is 10.6. The number of carboxylic acids is 1. The van der Waals surface area contributed by atoms with E-state index in [-0.39, 0.29) is 4.83 Å². The fourth-order valence-electron chi connectivity index (χ4n) is 2.42. The lowest BCUT2D eigenvalue weighted by Gasteiger charge is -2.04. The van der Waals surface area contributed by atoms with Gasteiger partial charge in [-0.25, -0.2) is 0 Å². The van der Waals surface area contributed by atoms with E-state index in [1.165, 1.54) is 57.8 Å². The van der Waals surface area contributed by atoms with Crippen molar-refractivity contribution in [1.29, 1.82) is 5.26 Å². The highest BCUT2D eigenvalue weighted by Gasteiger charge is 2.11. The van der Waals surface area contributed by atoms with Gasteiger partial charge in [0.15, 0.2) is 0 Å². The summed E-state index contributed by atoms with van der Waals surface area (Å²) in [5.74, 6) is -0.748. The van der Waals surface area contributed by atoms with Crippen LogP contribution in [0.1, 0.15) is 89.9 Å². The number of nitriles is 1. The molecule has 0 radical (unpaired) electrons. The van der Waals surface area contributed by atoms with Gasteiger partial charge in [-0.3, -0.25) is 4.79 Å². The third kappa shape index (κ3) is 15.6. The van der Waals surface area contributed by atoms with Crippen LogP contribution in [0.4, 0.5) is 0 Å². The Labute approximate surface area is 138 Å². The lowest BCUT2D eigenvalue weighted by molar-refractivity contribution is -0.136. The minimum absolute atomic E-state index is 0.370. The monoisotopic (exact) mass is 359 g/mol. The van der Waals surface area contributed by atoms with E-state index >= 15 is 0 Å². The number of unbranched alkanes of at least 4 members (excludes halogenated alkanes) is 12. The number of aliphatic carboxylic acids is 1. The molecule has 0 rings (SSSR count). The standard InChI is InChI=1S/C17H30BrNO2/c18-16(17(20)21)14-12-10-8-6-4-2-1-3-5-7-9-11-13-15-19/h16H,1-14H2,(H,20,21). The van der Waals surface area contributed by atoms with Crippen molar-refractivity contribution in [2.75, 3.05) is 0 Å². The van der Waals surface area contributed by atoms with Crippen LogP contribution < -0.4 is 0 Å². The van der Waals surface area contributed by atoms with Crippen LogP contribution in [0.15, 0.2) is 0 Å². The van der Waals surface area contributed by atoms with Gasteiger partial charge in [-0.2, -0.15) is 5.26 Å². The highest BCUT2D eigenvalue weighted by Crippen LogP contribution is 2.15. The fraction of sp³-hybridized carbons (Fsp3) is 0.882. The zero-order valence-corrected chi connectivity index (χ0v) is 14.7. The Morgan fingerprint density at radius 1 is 0.857 bits per heavy atom. The third-order valence-electron chi connectivity index (χ3n) is 3.76. The predicted octanol–water partition coefficient (Wildman–Crippen LogP) is 5.82. The Hall–Kier alpha value is -0.560. The van der Waals surface area contributed by atoms with Crippen molar-refractivity contribution in [2.24, 2.45) is 0 Å². The first kappa shape index (κ1) is 20.4. The first-order chi connectivity index (χ1) is 10.2. The quantitative estimate of drug-likeness (QED) is 0.296. The molecule has 0 bridgehead atoms. The van der Waals surface area contributed by atoms with Crippen molar-refractivity contribution in [2.45, 2.75) is 94.7 Å². The smallest absolute Gasteiger partial charge is 0.317 e. The summed E-state index contributed by atoms with van der Waals surface area (Å²) in [5, 5.41) is 17.1. The molecule has 0 fully saturated rings. The van der Waals surface area contributed by atoms with Crippen molar-refractivity contribution in [1.82, 2.24) is 0 Å². The van der Waals surface area contributed by atoms with Crippen molar-refractivity contribution in [3.05, 3.63) is 0 Å². The Morgan fingerprint density at radius 3 is 1.62 bits per heavy atom. The molecule has 1 N–H and O–H groups in total. The molecule has 0 aromatic heterocycles. The first-order valence-electron chi connectivity index (χ1n) is 8.42. The molecule has 0 aliphatic heterocycles. The van der Waals surface area contributed by atoms with Gasteiger partial charge in [-0.1, -0.05) is 86.6 Å². The SMILES string of the molecule is N#CCCCCCCCCCCCCCCC(Br)C(=O)O. The van der Waals surface area contributed by atoms with Crippen molar-refractivity contribution in [3.8, 4) is 6.07 Å². The van der Waals surface area contributed by atoms with Crippen LogP contribution >= 0.6 is 15.9 Å². The van der Waals surface area contributed by atoms with E-state index in [1.807, 2.05) is 0 Å². The molecule has 0 amide bonds. The van der Waals surface area contributed by atoms with Crippen LogP contribution in [0.2, 0.25) is 0 Å². The lowest BCUT2D eigenvalue weighted by Crippen LogP contribution is -2.11. The Bertz CT molecular complexity index is 289. The minimum atomic E-state index is -0.748. The van der Waals surface area contributed by atoms with E-state index in [4.69, 9.17) is 10.4 Å². The van der Waals surface area contributed by atoms with Crippen molar-refractivity contribution < 1.29 is 9.90 Å². The van der Waals surface area contributed by atoms with Crippen molar-refractivity contribution in [3.63, 3.8) is 0 Å². The second-order valence-electron chi connectivity index (χ2n) is 5.75. The molecular formula is C17H30BrNO2. The van der Waals surface area contributed by atoms with Gasteiger partial charge in [0.1, 0.15) is 4.83 Å². The number of alkyl halides is 1. The van der Waals surface area contributed by atoms with Crippen LogP contribution in [0.5, 0.6) is 0 Å². The summed E-state index contributed by atoms with van der Waals surface area (Å²) in [6.45, 7) is 0. The molecule has 0 aliphatic rings. The molecule has 0 saturated carbocycles. The second kappa shape index (κ2) is 15.8. The first-order valence-corrected chi connectivity index (χ1v) is 9.34. The van der Waals surface area contributed by atoms with Gasteiger partial charge in [-0.05, 0) is 12.8 Å². The summed E-state index contributed by atoms with van der Waals surface area (Å²) in [5.41, 5.74) is 0. The van der Waals surface area contributed by atoms with E-state index in [2.05, 4.69) is 22.0 Å². The topological polar surface area (TPSA) is 61.1 Å². The molecule has 0 aromatic rings. The number of carboxylic acid groups (broad SMARTS) is 1. The van der Waals surface area contributed by atoms with E-state index < -0.39 is 5.97 Å². The summed E-state index contributed by atoms with van der Waals surface area (Å²) >= 11 is 3.16. The predicted molar refractivity (Wildman–Crippen MR) is 90.6 cm³/mol. The molecule has 0 aliphatic carbocycles. The molecule has 0 spiro atoms. The van der Waals surface area contributed by atoms with Gasteiger partial charge in [0.05, 0.1) is 6.07 Å². The van der Waals surface area contributed by atoms with Gasteiger partial charge >= 0.3 is 5.97 Å². The third-order valence-corrected chi connectivity index (χ3v) is 4.61. The van der Waals surface area contributed by atoms with Crippen LogP contribution in [0, 0.1) is 11.3 Å². The van der Waals surface area contributed by atoms with Crippen LogP contribution in [-0.4, -0.2) is 15.9 Å². The Kier molecular flexibility index (Phi) is 15.4. The van der Waals surface area contributed by atoms with Gasteiger partial charge in [0.25, 0.3) is 0 Å². The molecule has 0 aromatic carbocycles. The maximum absolute atomic E-state index is 10.6. The molecular weight excluding hydrogens is 330 g/mol. The number of hydrogen-bond acceptors (Lipinski definition) is 2. The largest absolute Gasteiger partial charge is 0.480 e. The average Bonchev–Trinajstić information content (AvgIpc) is 2.47. The summed E-state index contributed by atoms with van der Waals surface area (Å²) in [4.78, 5) is 10.2. The van der Waals surface area contributed by atoms with E-state index in [0.717, 1.165) is 25.7 Å². The average molecular weight is 360 g/mol. The molecule has 4 heteroatoms. The summed E-state index contributed by atoms with van der Waals surface area (Å²) < 4.78 is 0. The summed E-state index contributed by atoms with van der Waals surface area (Å²) in [6, 6.07) is 2.19. The van der Waals surface area contributed by atoms with Crippen molar-refractivity contribution >= 4 is 21.9 Å². The Morgan fingerprint density at radius 2 is 1.24 bits per heavy atom.